The summed E-state index contributed by atoms with van der Waals surface area (Å²) in [6.07, 6.45) is 0. The summed E-state index contributed by atoms with van der Waals surface area (Å²) in [7, 11) is 0. The molecular weight excluding hydrogens is 256 g/mol. The predicted octanol–water partition coefficient (Wildman–Crippen LogP) is 1.86. The van der Waals surface area contributed by atoms with Crippen molar-refractivity contribution in [2.24, 2.45) is 0 Å². The molecule has 1 atom stereocenters. The highest BCUT2D eigenvalue weighted by Crippen LogP contribution is 2.24. The molecule has 1 unspecified atom stereocenters. The molecule has 0 aliphatic carbocycles. The molecule has 0 radical (unpaired) electrons. The van der Waals surface area contributed by atoms with Crippen molar-refractivity contribution in [2.75, 3.05) is 11.9 Å². The quantitative estimate of drug-likeness (QED) is 0.853. The first-order chi connectivity index (χ1) is 9.67. The van der Waals surface area contributed by atoms with Gasteiger partial charge in [-0.1, -0.05) is 18.2 Å². The molecule has 0 spiro atoms. The van der Waals surface area contributed by atoms with Gasteiger partial charge in [-0.25, -0.2) is 4.79 Å². The molecule has 1 heterocycles. The van der Waals surface area contributed by atoms with Crippen molar-refractivity contribution in [1.82, 2.24) is 10.2 Å². The highest BCUT2D eigenvalue weighted by atomic mass is 16.5. The normalized spacial score (nSPS) is 11.7. The standard InChI is InChI=1S/C14H14N4O2/c1-3-20-14(19)9(2)16-13-10-6-4-5-7-11(10)17-18-12(13)8-15/h4-7,9H,3H2,1-2H3,(H,16,17). The van der Waals surface area contributed by atoms with Crippen molar-refractivity contribution >= 4 is 22.6 Å². The Kier molecular flexibility index (Phi) is 4.11. The van der Waals surface area contributed by atoms with Crippen LogP contribution in [-0.2, 0) is 9.53 Å². The Morgan fingerprint density at radius 1 is 1.45 bits per heavy atom. The van der Waals surface area contributed by atoms with Gasteiger partial charge in [-0.2, -0.15) is 5.26 Å². The monoisotopic (exact) mass is 270 g/mol. The molecule has 20 heavy (non-hydrogen) atoms. The minimum Gasteiger partial charge on any atom is -0.464 e. The minimum atomic E-state index is -0.574. The zero-order valence-corrected chi connectivity index (χ0v) is 11.3. The van der Waals surface area contributed by atoms with Crippen LogP contribution in [0.5, 0.6) is 0 Å². The first-order valence-electron chi connectivity index (χ1n) is 6.26. The maximum absolute atomic E-state index is 11.7. The fourth-order valence-electron chi connectivity index (χ4n) is 1.82. The maximum atomic E-state index is 11.7. The summed E-state index contributed by atoms with van der Waals surface area (Å²) in [6.45, 7) is 3.73. The molecule has 0 fully saturated rings. The molecule has 1 aromatic carbocycles. The van der Waals surface area contributed by atoms with E-state index in [0.29, 0.717) is 17.8 Å². The van der Waals surface area contributed by atoms with E-state index in [1.807, 2.05) is 24.3 Å². The average Bonchev–Trinajstić information content (AvgIpc) is 2.47. The van der Waals surface area contributed by atoms with E-state index in [4.69, 9.17) is 10.00 Å². The van der Waals surface area contributed by atoms with E-state index in [-0.39, 0.29) is 11.7 Å². The average molecular weight is 270 g/mol. The van der Waals surface area contributed by atoms with Crippen LogP contribution in [0.25, 0.3) is 10.9 Å². The number of hydrogen-bond acceptors (Lipinski definition) is 6. The number of ether oxygens (including phenoxy) is 1. The zero-order chi connectivity index (χ0) is 14.5. The summed E-state index contributed by atoms with van der Waals surface area (Å²) in [4.78, 5) is 11.7. The third-order valence-electron chi connectivity index (χ3n) is 2.77. The van der Waals surface area contributed by atoms with Gasteiger partial charge >= 0.3 is 5.97 Å². The Morgan fingerprint density at radius 3 is 2.90 bits per heavy atom. The lowest BCUT2D eigenvalue weighted by Gasteiger charge is -2.15. The molecule has 2 aromatic rings. The van der Waals surface area contributed by atoms with Crippen LogP contribution >= 0.6 is 0 Å². The number of fused-ring (bicyclic) bond motifs is 1. The third kappa shape index (κ3) is 2.67. The van der Waals surface area contributed by atoms with Gasteiger partial charge in [0.25, 0.3) is 0 Å². The molecule has 6 nitrogen and oxygen atoms in total. The lowest BCUT2D eigenvalue weighted by atomic mass is 10.1. The molecule has 0 amide bonds. The van der Waals surface area contributed by atoms with Gasteiger partial charge in [0.15, 0.2) is 5.69 Å². The fourth-order valence-corrected chi connectivity index (χ4v) is 1.82. The van der Waals surface area contributed by atoms with Gasteiger partial charge in [0.2, 0.25) is 0 Å². The number of hydrogen-bond donors (Lipinski definition) is 1. The summed E-state index contributed by atoms with van der Waals surface area (Å²) >= 11 is 0. The summed E-state index contributed by atoms with van der Waals surface area (Å²) in [5.41, 5.74) is 1.31. The molecule has 0 saturated heterocycles. The summed E-state index contributed by atoms with van der Waals surface area (Å²) in [6, 6.07) is 8.69. The SMILES string of the molecule is CCOC(=O)C(C)Nc1c(C#N)nnc2ccccc12. The number of nitriles is 1. The molecular formula is C14H14N4O2. The van der Waals surface area contributed by atoms with Crippen LogP contribution in [0.3, 0.4) is 0 Å². The van der Waals surface area contributed by atoms with E-state index in [2.05, 4.69) is 15.5 Å². The van der Waals surface area contributed by atoms with Crippen LogP contribution < -0.4 is 5.32 Å². The van der Waals surface area contributed by atoms with Crippen LogP contribution in [0, 0.1) is 11.3 Å². The minimum absolute atomic E-state index is 0.153. The fraction of sp³-hybridized carbons (Fsp3) is 0.286. The van der Waals surface area contributed by atoms with Crippen molar-refractivity contribution in [3.05, 3.63) is 30.0 Å². The van der Waals surface area contributed by atoms with Crippen molar-refractivity contribution in [1.29, 1.82) is 5.26 Å². The third-order valence-corrected chi connectivity index (χ3v) is 2.77. The van der Waals surface area contributed by atoms with Crippen molar-refractivity contribution < 1.29 is 9.53 Å². The highest BCUT2D eigenvalue weighted by Gasteiger charge is 2.18. The van der Waals surface area contributed by atoms with E-state index < -0.39 is 6.04 Å². The Labute approximate surface area is 116 Å². The van der Waals surface area contributed by atoms with Gasteiger partial charge in [0, 0.05) is 5.39 Å². The first kappa shape index (κ1) is 13.7. The van der Waals surface area contributed by atoms with Crippen molar-refractivity contribution in [3.8, 4) is 6.07 Å². The van der Waals surface area contributed by atoms with Gasteiger partial charge in [-0.3, -0.25) is 0 Å². The van der Waals surface area contributed by atoms with Gasteiger partial charge in [0.05, 0.1) is 17.8 Å². The topological polar surface area (TPSA) is 87.9 Å². The molecule has 2 rings (SSSR count). The number of carbonyl (C=O) groups excluding carboxylic acids is 1. The maximum Gasteiger partial charge on any atom is 0.328 e. The van der Waals surface area contributed by atoms with Crippen molar-refractivity contribution in [3.63, 3.8) is 0 Å². The van der Waals surface area contributed by atoms with Crippen molar-refractivity contribution in [2.45, 2.75) is 19.9 Å². The zero-order valence-electron chi connectivity index (χ0n) is 11.3. The second kappa shape index (κ2) is 5.97. The van der Waals surface area contributed by atoms with Gasteiger partial charge in [-0.05, 0) is 19.9 Å². The summed E-state index contributed by atoms with van der Waals surface area (Å²) < 4.78 is 4.94. The predicted molar refractivity (Wildman–Crippen MR) is 74.0 cm³/mol. The molecule has 102 valence electrons. The molecule has 0 bridgehead atoms. The molecule has 0 aliphatic rings. The number of nitrogens with one attached hydrogen (secondary N) is 1. The smallest absolute Gasteiger partial charge is 0.328 e. The summed E-state index contributed by atoms with van der Waals surface area (Å²) in [5, 5.41) is 20.7. The second-order valence-corrected chi connectivity index (χ2v) is 4.17. The van der Waals surface area contributed by atoms with Gasteiger partial charge in [0.1, 0.15) is 12.1 Å². The largest absolute Gasteiger partial charge is 0.464 e. The van der Waals surface area contributed by atoms with Crippen LogP contribution in [0.4, 0.5) is 5.69 Å². The highest BCUT2D eigenvalue weighted by molar-refractivity contribution is 5.94. The van der Waals surface area contributed by atoms with Gasteiger partial charge in [-0.15, -0.1) is 10.2 Å². The van der Waals surface area contributed by atoms with E-state index in [0.717, 1.165) is 5.39 Å². The number of carbonyl (C=O) groups is 1. The number of rotatable bonds is 4. The number of aromatic nitrogens is 2. The van der Waals surface area contributed by atoms with E-state index >= 15 is 0 Å². The van der Waals surface area contributed by atoms with E-state index in [9.17, 15) is 4.79 Å². The Hall–Kier alpha value is -2.68. The number of anilines is 1. The van der Waals surface area contributed by atoms with Crippen LogP contribution in [0.15, 0.2) is 24.3 Å². The number of nitrogens with zero attached hydrogens (tertiary/aromatic N) is 3. The van der Waals surface area contributed by atoms with Crippen LogP contribution in [-0.4, -0.2) is 28.8 Å². The number of esters is 1. The molecule has 6 heteroatoms. The lowest BCUT2D eigenvalue weighted by molar-refractivity contribution is -0.143. The van der Waals surface area contributed by atoms with Gasteiger partial charge < -0.3 is 10.1 Å². The Bertz CT molecular complexity index is 678. The summed E-state index contributed by atoms with van der Waals surface area (Å²) in [5.74, 6) is -0.378. The van der Waals surface area contributed by atoms with Crippen LogP contribution in [0.2, 0.25) is 0 Å². The van der Waals surface area contributed by atoms with E-state index in [1.165, 1.54) is 0 Å². The lowest BCUT2D eigenvalue weighted by Crippen LogP contribution is -2.28. The van der Waals surface area contributed by atoms with E-state index in [1.54, 1.807) is 19.9 Å². The molecule has 1 N–H and O–H groups in total. The molecule has 0 saturated carbocycles. The van der Waals surface area contributed by atoms with Crippen LogP contribution in [0.1, 0.15) is 19.5 Å². The number of benzene rings is 1. The molecule has 0 aliphatic heterocycles. The Balaban J connectivity index is 2.42. The second-order valence-electron chi connectivity index (χ2n) is 4.17. The molecule has 1 aromatic heterocycles. The Morgan fingerprint density at radius 2 is 2.20 bits per heavy atom. The first-order valence-corrected chi connectivity index (χ1v) is 6.26.